The van der Waals surface area contributed by atoms with Gasteiger partial charge < -0.3 is 0 Å². The lowest BCUT2D eigenvalue weighted by Gasteiger charge is -1.79. The normalized spacial score (nSPS) is 30.0. The second-order valence-electron chi connectivity index (χ2n) is 1.06. The quantitative estimate of drug-likeness (QED) is 0.298. The van der Waals surface area contributed by atoms with Gasteiger partial charge in [0.05, 0.1) is 0 Å². The van der Waals surface area contributed by atoms with Crippen LogP contribution in [0.5, 0.6) is 0 Å². The van der Waals surface area contributed by atoms with Gasteiger partial charge in [0, 0.05) is 0 Å². The first kappa shape index (κ1) is 4.22. The SMILES string of the molecule is CC1(S)SS1. The molecule has 0 spiro atoms. The fourth-order valence-electron chi connectivity index (χ4n) is 0.0603. The van der Waals surface area contributed by atoms with Crippen molar-refractivity contribution in [1.82, 2.24) is 0 Å². The molecule has 0 aromatic heterocycles. The Bertz CT molecular complexity index is 42.9. The van der Waals surface area contributed by atoms with Gasteiger partial charge in [-0.05, 0) is 6.92 Å². The summed E-state index contributed by atoms with van der Waals surface area (Å²) in [5, 5.41) is 0. The van der Waals surface area contributed by atoms with E-state index in [0.717, 1.165) is 0 Å². The van der Waals surface area contributed by atoms with Gasteiger partial charge in [-0.2, -0.15) is 0 Å². The largest absolute Gasteiger partial charge is 0.150 e. The van der Waals surface area contributed by atoms with Crippen LogP contribution in [0.4, 0.5) is 0 Å². The molecule has 0 atom stereocenters. The molecule has 1 saturated heterocycles. The summed E-state index contributed by atoms with van der Waals surface area (Å²) in [6, 6.07) is 0. The monoisotopic (exact) mass is 124 g/mol. The minimum atomic E-state index is 0.278. The van der Waals surface area contributed by atoms with E-state index in [2.05, 4.69) is 19.6 Å². The highest BCUT2D eigenvalue weighted by Gasteiger charge is 2.35. The van der Waals surface area contributed by atoms with E-state index in [9.17, 15) is 0 Å². The minimum absolute atomic E-state index is 0.278. The number of thiol groups is 1. The lowest BCUT2D eigenvalue weighted by atomic mass is 10.9. The van der Waals surface area contributed by atoms with Crippen LogP contribution in [0.15, 0.2) is 0 Å². The maximum absolute atomic E-state index is 4.16. The lowest BCUT2D eigenvalue weighted by Crippen LogP contribution is -1.74. The van der Waals surface area contributed by atoms with E-state index >= 15 is 0 Å². The first-order chi connectivity index (χ1) is 2.21. The number of hydrogen-bond acceptors (Lipinski definition) is 3. The van der Waals surface area contributed by atoms with Gasteiger partial charge in [0.15, 0.2) is 0 Å². The highest BCUT2D eigenvalue weighted by molar-refractivity contribution is 8.97. The van der Waals surface area contributed by atoms with Crippen LogP contribution in [-0.2, 0) is 0 Å². The van der Waals surface area contributed by atoms with Gasteiger partial charge in [-0.3, -0.25) is 0 Å². The molecule has 0 aromatic rings. The first-order valence-corrected chi connectivity index (χ1v) is 3.90. The third-order valence-corrected chi connectivity index (χ3v) is 4.26. The average Bonchev–Trinajstić information content (AvgIpc) is 1.76. The van der Waals surface area contributed by atoms with E-state index < -0.39 is 0 Å². The second-order valence-corrected chi connectivity index (χ2v) is 5.79. The Morgan fingerprint density at radius 1 is 1.60 bits per heavy atom. The van der Waals surface area contributed by atoms with Crippen LogP contribution in [0.1, 0.15) is 6.92 Å². The summed E-state index contributed by atoms with van der Waals surface area (Å²) in [5.74, 6) is 0. The molecule has 0 radical (unpaired) electrons. The predicted octanol–water partition coefficient (Wildman–Crippen LogP) is 1.98. The zero-order valence-electron chi connectivity index (χ0n) is 2.76. The molecule has 5 heavy (non-hydrogen) atoms. The van der Waals surface area contributed by atoms with Crippen molar-refractivity contribution in [3.05, 3.63) is 0 Å². The van der Waals surface area contributed by atoms with Crippen molar-refractivity contribution in [2.45, 2.75) is 10.3 Å². The van der Waals surface area contributed by atoms with Crippen molar-refractivity contribution in [1.29, 1.82) is 0 Å². The summed E-state index contributed by atoms with van der Waals surface area (Å²) >= 11 is 4.16. The summed E-state index contributed by atoms with van der Waals surface area (Å²) in [6.45, 7) is 2.09. The van der Waals surface area contributed by atoms with E-state index in [1.54, 1.807) is 21.6 Å². The van der Waals surface area contributed by atoms with Gasteiger partial charge in [-0.1, -0.05) is 21.6 Å². The Kier molecular flexibility index (Phi) is 0.853. The Morgan fingerprint density at radius 2 is 1.80 bits per heavy atom. The molecule has 0 aliphatic carbocycles. The van der Waals surface area contributed by atoms with Gasteiger partial charge in [0.1, 0.15) is 3.41 Å². The van der Waals surface area contributed by atoms with Gasteiger partial charge in [-0.15, -0.1) is 12.6 Å². The van der Waals surface area contributed by atoms with Crippen molar-refractivity contribution < 1.29 is 0 Å². The Labute approximate surface area is 44.9 Å². The van der Waals surface area contributed by atoms with E-state index in [-0.39, 0.29) is 3.41 Å². The number of rotatable bonds is 0. The third kappa shape index (κ3) is 1.28. The van der Waals surface area contributed by atoms with Gasteiger partial charge >= 0.3 is 0 Å². The molecule has 1 aliphatic heterocycles. The summed E-state index contributed by atoms with van der Waals surface area (Å²) in [6.07, 6.45) is 0. The summed E-state index contributed by atoms with van der Waals surface area (Å²) < 4.78 is 0.278. The molecule has 0 unspecified atom stereocenters. The third-order valence-electron chi connectivity index (χ3n) is 0.325. The van der Waals surface area contributed by atoms with Crippen molar-refractivity contribution in [3.8, 4) is 0 Å². The second kappa shape index (κ2) is 1.01. The Hall–Kier alpha value is 1.05. The molecule has 0 amide bonds. The first-order valence-electron chi connectivity index (χ1n) is 1.30. The molecule has 1 fully saturated rings. The van der Waals surface area contributed by atoms with Crippen LogP contribution in [0, 0.1) is 0 Å². The van der Waals surface area contributed by atoms with Crippen LogP contribution in [-0.4, -0.2) is 3.41 Å². The summed E-state index contributed by atoms with van der Waals surface area (Å²) in [5.41, 5.74) is 0. The van der Waals surface area contributed by atoms with Crippen LogP contribution in [0.2, 0.25) is 0 Å². The molecule has 1 rings (SSSR count). The summed E-state index contributed by atoms with van der Waals surface area (Å²) in [4.78, 5) is 0. The fraction of sp³-hybridized carbons (Fsp3) is 1.00. The summed E-state index contributed by atoms with van der Waals surface area (Å²) in [7, 11) is 3.61. The Balaban J connectivity index is 2.38. The molecule has 0 saturated carbocycles. The standard InChI is InChI=1S/C2H4S3/c1-2(3)4-5-2/h3H,1H3. The number of hydrogen-bond donors (Lipinski definition) is 1. The van der Waals surface area contributed by atoms with Crippen molar-refractivity contribution in [2.75, 3.05) is 0 Å². The molecule has 1 aliphatic rings. The maximum Gasteiger partial charge on any atom is 0.121 e. The highest BCUT2D eigenvalue weighted by atomic mass is 33.2. The van der Waals surface area contributed by atoms with Crippen molar-refractivity contribution in [2.24, 2.45) is 0 Å². The molecule has 0 bridgehead atoms. The van der Waals surface area contributed by atoms with Crippen LogP contribution in [0.3, 0.4) is 0 Å². The molecule has 3 heteroatoms. The van der Waals surface area contributed by atoms with E-state index in [0.29, 0.717) is 0 Å². The van der Waals surface area contributed by atoms with Crippen LogP contribution < -0.4 is 0 Å². The molecule has 30 valence electrons. The smallest absolute Gasteiger partial charge is 0.121 e. The van der Waals surface area contributed by atoms with E-state index in [1.165, 1.54) is 0 Å². The molecule has 1 heterocycles. The molecular weight excluding hydrogens is 120 g/mol. The fourth-order valence-corrected chi connectivity index (χ4v) is 0.878. The van der Waals surface area contributed by atoms with Crippen LogP contribution in [0.25, 0.3) is 0 Å². The van der Waals surface area contributed by atoms with Crippen molar-refractivity contribution >= 4 is 34.2 Å². The van der Waals surface area contributed by atoms with E-state index in [4.69, 9.17) is 0 Å². The molecule has 0 N–H and O–H groups in total. The van der Waals surface area contributed by atoms with E-state index in [1.807, 2.05) is 0 Å². The van der Waals surface area contributed by atoms with Gasteiger partial charge in [-0.25, -0.2) is 0 Å². The average molecular weight is 124 g/mol. The van der Waals surface area contributed by atoms with Gasteiger partial charge in [0.25, 0.3) is 0 Å². The van der Waals surface area contributed by atoms with Crippen LogP contribution >= 0.6 is 34.2 Å². The zero-order valence-corrected chi connectivity index (χ0v) is 5.29. The molecular formula is C2H4S3. The topological polar surface area (TPSA) is 0 Å². The Morgan fingerprint density at radius 3 is 1.80 bits per heavy atom. The highest BCUT2D eigenvalue weighted by Crippen LogP contribution is 2.66. The predicted molar refractivity (Wildman–Crippen MR) is 32.6 cm³/mol. The molecule has 0 aromatic carbocycles. The zero-order chi connectivity index (χ0) is 3.91. The molecule has 0 nitrogen and oxygen atoms in total. The minimum Gasteiger partial charge on any atom is -0.150 e. The van der Waals surface area contributed by atoms with Gasteiger partial charge in [0.2, 0.25) is 0 Å². The maximum atomic E-state index is 4.16. The lowest BCUT2D eigenvalue weighted by molar-refractivity contribution is 1.39. The van der Waals surface area contributed by atoms with Crippen molar-refractivity contribution in [3.63, 3.8) is 0 Å².